The Morgan fingerprint density at radius 1 is 0.848 bits per heavy atom. The number of nitrogens with zero attached hydrogens (tertiary/aromatic N) is 1. The number of hydrogen-bond acceptors (Lipinski definition) is 6. The maximum Gasteiger partial charge on any atom is 0.161 e. The van der Waals surface area contributed by atoms with Crippen molar-refractivity contribution in [1.82, 2.24) is 4.90 Å². The average molecular weight is 459 g/mol. The lowest BCUT2D eigenvalue weighted by molar-refractivity contribution is 0.180. The Kier molecular flexibility index (Phi) is 10.3. The second-order valence-electron chi connectivity index (χ2n) is 8.95. The Morgan fingerprint density at radius 2 is 1.42 bits per heavy atom. The lowest BCUT2D eigenvalue weighted by Crippen LogP contribution is -2.44. The summed E-state index contributed by atoms with van der Waals surface area (Å²) in [5, 5.41) is 0. The topological polar surface area (TPSA) is 66.2 Å². The van der Waals surface area contributed by atoms with Crippen molar-refractivity contribution in [2.24, 2.45) is 11.7 Å². The summed E-state index contributed by atoms with van der Waals surface area (Å²) >= 11 is 0. The summed E-state index contributed by atoms with van der Waals surface area (Å²) in [6.07, 6.45) is 2.90. The highest BCUT2D eigenvalue weighted by Gasteiger charge is 2.37. The van der Waals surface area contributed by atoms with Crippen molar-refractivity contribution < 1.29 is 18.9 Å². The lowest BCUT2D eigenvalue weighted by atomic mass is 9.68. The molecule has 2 aromatic carbocycles. The second kappa shape index (κ2) is 12.7. The Labute approximate surface area is 200 Å². The molecule has 0 fully saturated rings. The molecule has 2 rings (SSSR count). The number of likely N-dealkylation sites (N-methyl/N-ethyl adjacent to an activating group) is 1. The van der Waals surface area contributed by atoms with Gasteiger partial charge in [-0.15, -0.1) is 0 Å². The van der Waals surface area contributed by atoms with Crippen LogP contribution < -0.4 is 24.7 Å². The molecule has 0 aliphatic rings. The van der Waals surface area contributed by atoms with Crippen LogP contribution in [0.5, 0.6) is 23.0 Å². The molecule has 0 aromatic heterocycles. The minimum Gasteiger partial charge on any atom is -0.493 e. The van der Waals surface area contributed by atoms with E-state index in [2.05, 4.69) is 50.1 Å². The third-order valence-corrected chi connectivity index (χ3v) is 6.67. The van der Waals surface area contributed by atoms with E-state index >= 15 is 0 Å². The first-order valence-electron chi connectivity index (χ1n) is 11.7. The highest BCUT2D eigenvalue weighted by molar-refractivity contribution is 5.46. The molecule has 0 bridgehead atoms. The molecular weight excluding hydrogens is 416 g/mol. The summed E-state index contributed by atoms with van der Waals surface area (Å²) in [5.41, 5.74) is 8.39. The van der Waals surface area contributed by atoms with Gasteiger partial charge in [-0.05, 0) is 74.2 Å². The Morgan fingerprint density at radius 3 is 1.97 bits per heavy atom. The summed E-state index contributed by atoms with van der Waals surface area (Å²) in [4.78, 5) is 2.42. The molecule has 0 aliphatic heterocycles. The van der Waals surface area contributed by atoms with Crippen molar-refractivity contribution in [2.45, 2.75) is 38.5 Å². The summed E-state index contributed by atoms with van der Waals surface area (Å²) in [5.74, 6) is 3.46. The monoisotopic (exact) mass is 458 g/mol. The Bertz CT molecular complexity index is 871. The van der Waals surface area contributed by atoms with Crippen LogP contribution in [-0.2, 0) is 11.8 Å². The van der Waals surface area contributed by atoms with Gasteiger partial charge >= 0.3 is 0 Å². The number of hydrogen-bond donors (Lipinski definition) is 1. The van der Waals surface area contributed by atoms with Crippen LogP contribution in [-0.4, -0.2) is 60.0 Å². The van der Waals surface area contributed by atoms with Crippen molar-refractivity contribution >= 4 is 0 Å². The fourth-order valence-corrected chi connectivity index (χ4v) is 4.60. The van der Waals surface area contributed by atoms with E-state index in [9.17, 15) is 0 Å². The predicted molar refractivity (Wildman–Crippen MR) is 135 cm³/mol. The molecule has 2 N–H and O–H groups in total. The van der Waals surface area contributed by atoms with Gasteiger partial charge in [-0.3, -0.25) is 0 Å². The predicted octanol–water partition coefficient (Wildman–Crippen LogP) is 4.53. The molecule has 33 heavy (non-hydrogen) atoms. The molecule has 0 amide bonds. The zero-order chi connectivity index (χ0) is 24.4. The van der Waals surface area contributed by atoms with Crippen molar-refractivity contribution in [3.8, 4) is 23.0 Å². The molecule has 1 unspecified atom stereocenters. The maximum absolute atomic E-state index is 5.95. The van der Waals surface area contributed by atoms with Crippen LogP contribution in [0, 0.1) is 5.92 Å². The van der Waals surface area contributed by atoms with Gasteiger partial charge in [0.15, 0.2) is 23.0 Å². The standard InChI is InChI=1S/C27H42N2O4/c1-20(2)27(14-8-15-28,22-10-12-24(31-5)26(18-22)33-7)19-29(3)16-13-21-9-11-23(30-4)25(17-21)32-6/h9-12,17-18,20H,8,13-16,19,28H2,1-7H3. The fourth-order valence-electron chi connectivity index (χ4n) is 4.60. The number of rotatable bonds is 14. The van der Waals surface area contributed by atoms with Crippen molar-refractivity contribution in [2.75, 3.05) is 55.1 Å². The minimum absolute atomic E-state index is 0.0503. The molecule has 0 aliphatic carbocycles. The van der Waals surface area contributed by atoms with E-state index in [1.165, 1.54) is 11.1 Å². The number of ether oxygens (including phenoxy) is 4. The van der Waals surface area contributed by atoms with Gasteiger partial charge in [0.05, 0.1) is 28.4 Å². The van der Waals surface area contributed by atoms with E-state index in [4.69, 9.17) is 24.7 Å². The van der Waals surface area contributed by atoms with Gasteiger partial charge in [-0.25, -0.2) is 0 Å². The van der Waals surface area contributed by atoms with Crippen LogP contribution >= 0.6 is 0 Å². The molecule has 6 heteroatoms. The zero-order valence-electron chi connectivity index (χ0n) is 21.4. The highest BCUT2D eigenvalue weighted by Crippen LogP contribution is 2.41. The smallest absolute Gasteiger partial charge is 0.161 e. The Hall–Kier alpha value is -2.44. The molecule has 0 radical (unpaired) electrons. The molecule has 0 spiro atoms. The summed E-state index contributed by atoms with van der Waals surface area (Å²) in [7, 11) is 8.89. The van der Waals surface area contributed by atoms with Gasteiger partial charge in [0, 0.05) is 18.5 Å². The van der Waals surface area contributed by atoms with Crippen molar-refractivity contribution in [1.29, 1.82) is 0 Å². The molecule has 0 saturated carbocycles. The third-order valence-electron chi connectivity index (χ3n) is 6.67. The van der Waals surface area contributed by atoms with Crippen LogP contribution in [0.1, 0.15) is 37.8 Å². The minimum atomic E-state index is -0.0503. The third kappa shape index (κ3) is 6.55. The molecule has 1 atom stereocenters. The van der Waals surface area contributed by atoms with Crippen LogP contribution in [0.25, 0.3) is 0 Å². The summed E-state index contributed by atoms with van der Waals surface area (Å²) < 4.78 is 21.9. The summed E-state index contributed by atoms with van der Waals surface area (Å²) in [6, 6.07) is 12.5. The van der Waals surface area contributed by atoms with Gasteiger partial charge in [0.25, 0.3) is 0 Å². The SMILES string of the molecule is COc1ccc(CCN(C)CC(CCCN)(c2ccc(OC)c(OC)c2)C(C)C)cc1OC. The van der Waals surface area contributed by atoms with Crippen LogP contribution in [0.2, 0.25) is 0 Å². The molecule has 0 heterocycles. The first-order chi connectivity index (χ1) is 15.8. The van der Waals surface area contributed by atoms with E-state index in [-0.39, 0.29) is 5.41 Å². The van der Waals surface area contributed by atoms with Gasteiger partial charge in [-0.1, -0.05) is 26.0 Å². The van der Waals surface area contributed by atoms with Gasteiger partial charge in [-0.2, -0.15) is 0 Å². The van der Waals surface area contributed by atoms with Gasteiger partial charge in [0.2, 0.25) is 0 Å². The number of methoxy groups -OCH3 is 4. The van der Waals surface area contributed by atoms with E-state index in [1.54, 1.807) is 28.4 Å². The van der Waals surface area contributed by atoms with E-state index in [0.717, 1.165) is 55.4 Å². The maximum atomic E-state index is 5.95. The number of benzene rings is 2. The van der Waals surface area contributed by atoms with Gasteiger partial charge < -0.3 is 29.6 Å². The molecule has 2 aromatic rings. The average Bonchev–Trinajstić information content (AvgIpc) is 2.84. The fraction of sp³-hybridized carbons (Fsp3) is 0.556. The Balaban J connectivity index is 2.27. The molecule has 184 valence electrons. The normalized spacial score (nSPS) is 13.2. The van der Waals surface area contributed by atoms with E-state index < -0.39 is 0 Å². The van der Waals surface area contributed by atoms with Crippen LogP contribution in [0.3, 0.4) is 0 Å². The van der Waals surface area contributed by atoms with Crippen molar-refractivity contribution in [3.63, 3.8) is 0 Å². The summed E-state index contributed by atoms with van der Waals surface area (Å²) in [6.45, 7) is 7.13. The number of nitrogens with two attached hydrogens (primary N) is 1. The van der Waals surface area contributed by atoms with Crippen LogP contribution in [0.15, 0.2) is 36.4 Å². The molecule has 6 nitrogen and oxygen atoms in total. The quantitative estimate of drug-likeness (QED) is 0.449. The largest absolute Gasteiger partial charge is 0.493 e. The van der Waals surface area contributed by atoms with E-state index in [0.29, 0.717) is 12.5 Å². The first-order valence-corrected chi connectivity index (χ1v) is 11.7. The van der Waals surface area contributed by atoms with Gasteiger partial charge in [0.1, 0.15) is 0 Å². The zero-order valence-corrected chi connectivity index (χ0v) is 21.4. The van der Waals surface area contributed by atoms with Crippen LogP contribution in [0.4, 0.5) is 0 Å². The second-order valence-corrected chi connectivity index (χ2v) is 8.95. The van der Waals surface area contributed by atoms with Crippen molar-refractivity contribution in [3.05, 3.63) is 47.5 Å². The van der Waals surface area contributed by atoms with E-state index in [1.807, 2.05) is 12.1 Å². The lowest BCUT2D eigenvalue weighted by Gasteiger charge is -2.42. The first kappa shape index (κ1) is 26.8. The molecular formula is C27H42N2O4. The highest BCUT2D eigenvalue weighted by atomic mass is 16.5. The molecule has 0 saturated heterocycles.